The Morgan fingerprint density at radius 3 is 2.93 bits per heavy atom. The molecule has 2 aromatic heterocycles. The highest BCUT2D eigenvalue weighted by molar-refractivity contribution is 7.14. The minimum atomic E-state index is -0.184. The van der Waals surface area contributed by atoms with E-state index in [2.05, 4.69) is 22.0 Å². The van der Waals surface area contributed by atoms with Crippen LogP contribution in [0, 0.1) is 0 Å². The number of nitrogens with zero attached hydrogens (tertiary/aromatic N) is 2. The van der Waals surface area contributed by atoms with Crippen molar-refractivity contribution in [3.05, 3.63) is 63.5 Å². The van der Waals surface area contributed by atoms with Gasteiger partial charge in [0.15, 0.2) is 0 Å². The molecule has 5 nitrogen and oxygen atoms in total. The third kappa shape index (κ3) is 3.62. The van der Waals surface area contributed by atoms with Gasteiger partial charge in [0.25, 0.3) is 5.91 Å². The molecular weight excluding hydrogens is 368 g/mol. The van der Waals surface area contributed by atoms with Crippen molar-refractivity contribution < 1.29 is 4.79 Å². The number of hydrogen-bond acceptors (Lipinski definition) is 4. The molecule has 1 aliphatic rings. The summed E-state index contributed by atoms with van der Waals surface area (Å²) in [5.74, 6) is -0.0551. The van der Waals surface area contributed by atoms with Crippen LogP contribution < -0.4 is 11.1 Å². The molecule has 0 bridgehead atoms. The Labute approximate surface area is 169 Å². The molecule has 3 heterocycles. The summed E-state index contributed by atoms with van der Waals surface area (Å²) in [5.41, 5.74) is 10.6. The van der Waals surface area contributed by atoms with Gasteiger partial charge in [0, 0.05) is 23.5 Å². The highest BCUT2D eigenvalue weighted by Gasteiger charge is 2.24. The summed E-state index contributed by atoms with van der Waals surface area (Å²) < 4.78 is 2.11. The Morgan fingerprint density at radius 2 is 2.18 bits per heavy atom. The van der Waals surface area contributed by atoms with E-state index in [4.69, 9.17) is 5.73 Å². The van der Waals surface area contributed by atoms with E-state index in [1.165, 1.54) is 21.7 Å². The standard InChI is InChI=1S/C22H26N4OS/c1-2-7-16-14-24-26-11-6-10-19-17(21(16)26)12-20(28-19)22(27)25-18(13-23)15-8-4-3-5-9-15/h3-5,8-9,12,14,18H,2,6-7,10-11,13,23H2,1H3,(H,25,27). The number of carbonyl (C=O) groups is 1. The van der Waals surface area contributed by atoms with Crippen molar-refractivity contribution in [3.63, 3.8) is 0 Å². The summed E-state index contributed by atoms with van der Waals surface area (Å²) in [6.07, 6.45) is 6.12. The summed E-state index contributed by atoms with van der Waals surface area (Å²) >= 11 is 1.60. The van der Waals surface area contributed by atoms with Gasteiger partial charge in [0.1, 0.15) is 0 Å². The zero-order chi connectivity index (χ0) is 19.5. The van der Waals surface area contributed by atoms with E-state index in [1.54, 1.807) is 11.3 Å². The molecular formula is C22H26N4OS. The second-order valence-electron chi connectivity index (χ2n) is 7.22. The predicted octanol–water partition coefficient (Wildman–Crippen LogP) is 3.94. The molecule has 0 radical (unpaired) electrons. The lowest BCUT2D eigenvalue weighted by Crippen LogP contribution is -2.32. The van der Waals surface area contributed by atoms with Gasteiger partial charge in [0.05, 0.1) is 22.8 Å². The molecule has 6 heteroatoms. The first-order valence-electron chi connectivity index (χ1n) is 9.95. The molecule has 3 aromatic rings. The molecule has 28 heavy (non-hydrogen) atoms. The number of amides is 1. The Hall–Kier alpha value is -2.44. The first kappa shape index (κ1) is 18.9. The third-order valence-corrected chi connectivity index (χ3v) is 6.43. The molecule has 0 spiro atoms. The second-order valence-corrected chi connectivity index (χ2v) is 8.35. The second kappa shape index (κ2) is 8.29. The van der Waals surface area contributed by atoms with Crippen molar-refractivity contribution in [2.24, 2.45) is 5.73 Å². The molecule has 0 saturated carbocycles. The van der Waals surface area contributed by atoms with Gasteiger partial charge in [-0.15, -0.1) is 11.3 Å². The van der Waals surface area contributed by atoms with Gasteiger partial charge < -0.3 is 11.1 Å². The fourth-order valence-corrected chi connectivity index (χ4v) is 4.97. The van der Waals surface area contributed by atoms with Crippen LogP contribution in [-0.2, 0) is 19.4 Å². The summed E-state index contributed by atoms with van der Waals surface area (Å²) in [6.45, 7) is 3.49. The van der Waals surface area contributed by atoms with E-state index >= 15 is 0 Å². The lowest BCUT2D eigenvalue weighted by atomic mass is 10.0. The van der Waals surface area contributed by atoms with E-state index < -0.39 is 0 Å². The van der Waals surface area contributed by atoms with Crippen LogP contribution in [0.4, 0.5) is 0 Å². The fourth-order valence-electron chi connectivity index (χ4n) is 3.87. The Morgan fingerprint density at radius 1 is 1.36 bits per heavy atom. The van der Waals surface area contributed by atoms with Crippen molar-refractivity contribution in [2.45, 2.75) is 45.2 Å². The molecule has 146 valence electrons. The van der Waals surface area contributed by atoms with Crippen LogP contribution in [0.1, 0.15) is 51.5 Å². The number of benzene rings is 1. The number of fused-ring (bicyclic) bond motifs is 3. The zero-order valence-electron chi connectivity index (χ0n) is 16.1. The molecule has 0 fully saturated rings. The molecule has 4 rings (SSSR count). The van der Waals surface area contributed by atoms with Crippen LogP contribution >= 0.6 is 11.3 Å². The number of carbonyl (C=O) groups excluding carboxylic acids is 1. The van der Waals surface area contributed by atoms with E-state index in [0.29, 0.717) is 6.54 Å². The first-order chi connectivity index (χ1) is 13.7. The van der Waals surface area contributed by atoms with Crippen LogP contribution in [0.25, 0.3) is 11.3 Å². The normalized spacial score (nSPS) is 14.1. The van der Waals surface area contributed by atoms with Crippen LogP contribution in [0.15, 0.2) is 42.6 Å². The zero-order valence-corrected chi connectivity index (χ0v) is 17.0. The average Bonchev–Trinajstić information content (AvgIpc) is 3.27. The van der Waals surface area contributed by atoms with Crippen molar-refractivity contribution in [1.29, 1.82) is 0 Å². The van der Waals surface area contributed by atoms with Crippen LogP contribution in [0.3, 0.4) is 0 Å². The van der Waals surface area contributed by atoms with Gasteiger partial charge in [0.2, 0.25) is 0 Å². The third-order valence-electron chi connectivity index (χ3n) is 5.24. The van der Waals surface area contributed by atoms with Gasteiger partial charge in [-0.3, -0.25) is 9.48 Å². The van der Waals surface area contributed by atoms with Crippen LogP contribution in [0.5, 0.6) is 0 Å². The Kier molecular flexibility index (Phi) is 5.59. The minimum Gasteiger partial charge on any atom is -0.343 e. The van der Waals surface area contributed by atoms with Crippen molar-refractivity contribution in [3.8, 4) is 11.3 Å². The van der Waals surface area contributed by atoms with Gasteiger partial charge in [-0.05, 0) is 36.5 Å². The van der Waals surface area contributed by atoms with Gasteiger partial charge in [-0.1, -0.05) is 43.7 Å². The number of aromatic nitrogens is 2. The summed E-state index contributed by atoms with van der Waals surface area (Å²) in [5, 5.41) is 7.70. The van der Waals surface area contributed by atoms with Crippen molar-refractivity contribution in [2.75, 3.05) is 6.54 Å². The maximum Gasteiger partial charge on any atom is 0.261 e. The largest absolute Gasteiger partial charge is 0.343 e. The maximum absolute atomic E-state index is 13.0. The number of hydrogen-bond donors (Lipinski definition) is 2. The monoisotopic (exact) mass is 394 g/mol. The number of aryl methyl sites for hydroxylation is 3. The summed E-state index contributed by atoms with van der Waals surface area (Å²) in [4.78, 5) is 15.0. The number of thiophene rings is 1. The number of rotatable bonds is 6. The first-order valence-corrected chi connectivity index (χ1v) is 10.8. The predicted molar refractivity (Wildman–Crippen MR) is 114 cm³/mol. The average molecular weight is 395 g/mol. The number of nitrogens with one attached hydrogen (secondary N) is 1. The quantitative estimate of drug-likeness (QED) is 0.665. The minimum absolute atomic E-state index is 0.0551. The SMILES string of the molecule is CCCc1cnn2c1-c1cc(C(=O)NC(CN)c3ccccc3)sc1CCC2. The van der Waals surface area contributed by atoms with E-state index in [0.717, 1.165) is 42.7 Å². The van der Waals surface area contributed by atoms with E-state index in [9.17, 15) is 4.79 Å². The Balaban J connectivity index is 1.63. The Bertz CT molecular complexity index is 960. The van der Waals surface area contributed by atoms with E-state index in [-0.39, 0.29) is 11.9 Å². The van der Waals surface area contributed by atoms with E-state index in [1.807, 2.05) is 42.6 Å². The molecule has 3 N–H and O–H groups in total. The molecule has 1 aliphatic heterocycles. The van der Waals surface area contributed by atoms with Crippen molar-refractivity contribution in [1.82, 2.24) is 15.1 Å². The molecule has 1 unspecified atom stereocenters. The van der Waals surface area contributed by atoms with Crippen LogP contribution in [-0.4, -0.2) is 22.2 Å². The summed E-state index contributed by atoms with van der Waals surface area (Å²) in [7, 11) is 0. The molecule has 0 aliphatic carbocycles. The topological polar surface area (TPSA) is 72.9 Å². The highest BCUT2D eigenvalue weighted by atomic mass is 32.1. The molecule has 0 saturated heterocycles. The smallest absolute Gasteiger partial charge is 0.261 e. The van der Waals surface area contributed by atoms with Gasteiger partial charge in [-0.25, -0.2) is 0 Å². The molecule has 1 aromatic carbocycles. The van der Waals surface area contributed by atoms with Crippen LogP contribution in [0.2, 0.25) is 0 Å². The lowest BCUT2D eigenvalue weighted by molar-refractivity contribution is 0.0942. The summed E-state index contributed by atoms with van der Waals surface area (Å²) in [6, 6.07) is 11.8. The van der Waals surface area contributed by atoms with Gasteiger partial charge in [-0.2, -0.15) is 5.10 Å². The number of nitrogens with two attached hydrogens (primary N) is 1. The van der Waals surface area contributed by atoms with Crippen molar-refractivity contribution >= 4 is 17.2 Å². The molecule has 1 atom stereocenters. The lowest BCUT2D eigenvalue weighted by Gasteiger charge is -2.16. The highest BCUT2D eigenvalue weighted by Crippen LogP contribution is 2.37. The fraction of sp³-hybridized carbons (Fsp3) is 0.364. The molecule has 1 amide bonds. The maximum atomic E-state index is 13.0. The van der Waals surface area contributed by atoms with Gasteiger partial charge >= 0.3 is 0 Å².